The fourth-order valence-corrected chi connectivity index (χ4v) is 2.10. The number of nitrogens with one attached hydrogen (secondary N) is 1. The Hall–Kier alpha value is -2.54. The van der Waals surface area contributed by atoms with Crippen LogP contribution in [0.1, 0.15) is 17.2 Å². The smallest absolute Gasteiger partial charge is 0.258 e. The van der Waals surface area contributed by atoms with Crippen molar-refractivity contribution in [2.75, 3.05) is 13.2 Å². The van der Waals surface area contributed by atoms with Crippen LogP contribution in [0.3, 0.4) is 0 Å². The predicted octanol–water partition coefficient (Wildman–Crippen LogP) is 2.64. The first-order valence-corrected chi connectivity index (χ1v) is 7.15. The molecule has 2 N–H and O–H groups in total. The number of aryl methyl sites for hydroxylation is 1. The van der Waals surface area contributed by atoms with Gasteiger partial charge in [-0.3, -0.25) is 4.79 Å². The highest BCUT2D eigenvalue weighted by atomic mass is 19.2. The van der Waals surface area contributed by atoms with E-state index in [9.17, 15) is 23.1 Å². The molecule has 0 saturated heterocycles. The van der Waals surface area contributed by atoms with Gasteiger partial charge in [-0.25, -0.2) is 13.2 Å². The van der Waals surface area contributed by atoms with Crippen LogP contribution in [-0.2, 0) is 4.79 Å². The highest BCUT2D eigenvalue weighted by Gasteiger charge is 2.19. The summed E-state index contributed by atoms with van der Waals surface area (Å²) in [6.07, 6.45) is 0. The number of benzene rings is 2. The first kappa shape index (κ1) is 17.8. The van der Waals surface area contributed by atoms with E-state index in [1.165, 1.54) is 0 Å². The molecular weight excluding hydrogens is 323 g/mol. The molecule has 2 rings (SSSR count). The van der Waals surface area contributed by atoms with Crippen molar-refractivity contribution in [3.63, 3.8) is 0 Å². The van der Waals surface area contributed by atoms with Crippen LogP contribution in [0.15, 0.2) is 36.4 Å². The lowest BCUT2D eigenvalue weighted by Crippen LogP contribution is -2.34. The van der Waals surface area contributed by atoms with E-state index in [2.05, 4.69) is 5.32 Å². The summed E-state index contributed by atoms with van der Waals surface area (Å²) in [5.41, 5.74) is 0.871. The summed E-state index contributed by atoms with van der Waals surface area (Å²) in [6, 6.07) is 7.41. The highest BCUT2D eigenvalue weighted by Crippen LogP contribution is 2.19. The molecule has 0 aliphatic carbocycles. The standard InChI is InChI=1S/C17H16F3NO3/c1-10-3-2-4-12(5-10)24-9-16(23)21-15(8-22)11-6-13(18)17(20)14(19)7-11/h2-7,15,22H,8-9H2,1H3,(H,21,23). The number of hydrogen-bond acceptors (Lipinski definition) is 3. The van der Waals surface area contributed by atoms with Gasteiger partial charge in [0.2, 0.25) is 0 Å². The number of amides is 1. The fourth-order valence-electron chi connectivity index (χ4n) is 2.10. The van der Waals surface area contributed by atoms with Crippen LogP contribution in [0.25, 0.3) is 0 Å². The van der Waals surface area contributed by atoms with Gasteiger partial charge in [-0.2, -0.15) is 0 Å². The Morgan fingerprint density at radius 1 is 1.21 bits per heavy atom. The minimum atomic E-state index is -1.61. The fraction of sp³-hybridized carbons (Fsp3) is 0.235. The highest BCUT2D eigenvalue weighted by molar-refractivity contribution is 5.78. The van der Waals surface area contributed by atoms with Gasteiger partial charge in [0.15, 0.2) is 24.1 Å². The van der Waals surface area contributed by atoms with Crippen molar-refractivity contribution in [1.82, 2.24) is 5.32 Å². The number of carbonyl (C=O) groups is 1. The van der Waals surface area contributed by atoms with Crippen LogP contribution in [0.4, 0.5) is 13.2 Å². The minimum Gasteiger partial charge on any atom is -0.484 e. The molecule has 0 radical (unpaired) electrons. The average molecular weight is 339 g/mol. The molecule has 0 saturated carbocycles. The molecule has 0 bridgehead atoms. The summed E-state index contributed by atoms with van der Waals surface area (Å²) >= 11 is 0. The lowest BCUT2D eigenvalue weighted by atomic mass is 10.1. The van der Waals surface area contributed by atoms with Gasteiger partial charge in [-0.15, -0.1) is 0 Å². The van der Waals surface area contributed by atoms with Crippen molar-refractivity contribution >= 4 is 5.91 Å². The molecule has 0 heterocycles. The number of ether oxygens (including phenoxy) is 1. The van der Waals surface area contributed by atoms with Gasteiger partial charge in [0, 0.05) is 0 Å². The predicted molar refractivity (Wildman–Crippen MR) is 81.0 cm³/mol. The van der Waals surface area contributed by atoms with E-state index in [1.807, 2.05) is 13.0 Å². The second-order valence-electron chi connectivity index (χ2n) is 5.21. The van der Waals surface area contributed by atoms with Crippen molar-refractivity contribution in [2.24, 2.45) is 0 Å². The Morgan fingerprint density at radius 3 is 2.46 bits per heavy atom. The van der Waals surface area contributed by atoms with Crippen LogP contribution in [0.5, 0.6) is 5.75 Å². The Kier molecular flexibility index (Phi) is 5.81. The normalized spacial score (nSPS) is 11.9. The van der Waals surface area contributed by atoms with Crippen LogP contribution in [0, 0.1) is 24.4 Å². The molecule has 128 valence electrons. The molecule has 2 aromatic rings. The minimum absolute atomic E-state index is 0.0854. The van der Waals surface area contributed by atoms with Gasteiger partial charge in [0.05, 0.1) is 12.6 Å². The number of carbonyl (C=O) groups excluding carboxylic acids is 1. The number of aliphatic hydroxyl groups excluding tert-OH is 1. The van der Waals surface area contributed by atoms with Gasteiger partial charge in [0.25, 0.3) is 5.91 Å². The van der Waals surface area contributed by atoms with Crippen molar-refractivity contribution in [3.8, 4) is 5.75 Å². The molecule has 0 aliphatic heterocycles. The van der Waals surface area contributed by atoms with Crippen molar-refractivity contribution in [3.05, 3.63) is 65.0 Å². The van der Waals surface area contributed by atoms with E-state index < -0.39 is 36.0 Å². The summed E-state index contributed by atoms with van der Waals surface area (Å²) in [6.45, 7) is 0.916. The van der Waals surface area contributed by atoms with Crippen molar-refractivity contribution < 1.29 is 27.8 Å². The molecule has 4 nitrogen and oxygen atoms in total. The summed E-state index contributed by atoms with van der Waals surface area (Å²) in [5, 5.41) is 11.7. The second-order valence-corrected chi connectivity index (χ2v) is 5.21. The maximum Gasteiger partial charge on any atom is 0.258 e. The van der Waals surface area contributed by atoms with Crippen LogP contribution in [-0.4, -0.2) is 24.2 Å². The Morgan fingerprint density at radius 2 is 1.88 bits per heavy atom. The topological polar surface area (TPSA) is 58.6 Å². The third-order valence-corrected chi connectivity index (χ3v) is 3.29. The molecule has 1 amide bonds. The van der Waals surface area contributed by atoms with Crippen LogP contribution in [0.2, 0.25) is 0 Å². The zero-order valence-electron chi connectivity index (χ0n) is 12.9. The van der Waals surface area contributed by atoms with E-state index >= 15 is 0 Å². The van der Waals surface area contributed by atoms with E-state index in [1.54, 1.807) is 18.2 Å². The average Bonchev–Trinajstić information content (AvgIpc) is 2.55. The summed E-state index contributed by atoms with van der Waals surface area (Å²) in [4.78, 5) is 11.9. The molecule has 24 heavy (non-hydrogen) atoms. The molecule has 0 aliphatic rings. The number of aliphatic hydroxyl groups is 1. The summed E-state index contributed by atoms with van der Waals surface area (Å²) in [7, 11) is 0. The molecule has 1 atom stereocenters. The lowest BCUT2D eigenvalue weighted by Gasteiger charge is -2.17. The molecule has 1 unspecified atom stereocenters. The van der Waals surface area contributed by atoms with Crippen molar-refractivity contribution in [1.29, 1.82) is 0 Å². The quantitative estimate of drug-likeness (QED) is 0.796. The number of halogens is 3. The Labute approximate surface area is 136 Å². The molecule has 0 spiro atoms. The molecule has 2 aromatic carbocycles. The van der Waals surface area contributed by atoms with Gasteiger partial charge in [-0.05, 0) is 42.3 Å². The zero-order chi connectivity index (χ0) is 17.7. The first-order chi connectivity index (χ1) is 11.4. The molecular formula is C17H16F3NO3. The molecule has 0 fully saturated rings. The van der Waals surface area contributed by atoms with Gasteiger partial charge >= 0.3 is 0 Å². The lowest BCUT2D eigenvalue weighted by molar-refractivity contribution is -0.124. The van der Waals surface area contributed by atoms with E-state index in [4.69, 9.17) is 4.74 Å². The Balaban J connectivity index is 2.00. The van der Waals surface area contributed by atoms with E-state index in [0.29, 0.717) is 5.75 Å². The van der Waals surface area contributed by atoms with Crippen LogP contribution < -0.4 is 10.1 Å². The van der Waals surface area contributed by atoms with Gasteiger partial charge in [0.1, 0.15) is 5.75 Å². The van der Waals surface area contributed by atoms with E-state index in [0.717, 1.165) is 17.7 Å². The maximum absolute atomic E-state index is 13.2. The third kappa shape index (κ3) is 4.48. The molecule has 7 heteroatoms. The van der Waals surface area contributed by atoms with Crippen LogP contribution >= 0.6 is 0 Å². The summed E-state index contributed by atoms with van der Waals surface area (Å²) in [5.74, 6) is -4.50. The van der Waals surface area contributed by atoms with Crippen molar-refractivity contribution in [2.45, 2.75) is 13.0 Å². The number of hydrogen-bond donors (Lipinski definition) is 2. The summed E-state index contributed by atoms with van der Waals surface area (Å²) < 4.78 is 44.8. The van der Waals surface area contributed by atoms with E-state index in [-0.39, 0.29) is 12.2 Å². The largest absolute Gasteiger partial charge is 0.484 e. The number of rotatable bonds is 6. The maximum atomic E-state index is 13.2. The Bertz CT molecular complexity index is 714. The molecule has 0 aromatic heterocycles. The SMILES string of the molecule is Cc1cccc(OCC(=O)NC(CO)c2cc(F)c(F)c(F)c2)c1. The van der Waals surface area contributed by atoms with Gasteiger partial charge in [-0.1, -0.05) is 12.1 Å². The first-order valence-electron chi connectivity index (χ1n) is 7.15. The zero-order valence-corrected chi connectivity index (χ0v) is 12.9. The second kappa shape index (κ2) is 7.83. The van der Waals surface area contributed by atoms with Gasteiger partial charge < -0.3 is 15.2 Å². The third-order valence-electron chi connectivity index (χ3n) is 3.29. The monoisotopic (exact) mass is 339 g/mol.